The number of esters is 1. The lowest BCUT2D eigenvalue weighted by atomic mass is 10.0. The molecule has 0 bridgehead atoms. The van der Waals surface area contributed by atoms with Crippen LogP contribution in [0.15, 0.2) is 53.4 Å². The van der Waals surface area contributed by atoms with Crippen LogP contribution in [0, 0.1) is 5.92 Å². The average molecular weight is 475 g/mol. The number of hydrogen-bond donors (Lipinski definition) is 1. The lowest BCUT2D eigenvalue weighted by Gasteiger charge is -2.19. The maximum absolute atomic E-state index is 12.6. The summed E-state index contributed by atoms with van der Waals surface area (Å²) in [5, 5.41) is 2.95. The van der Waals surface area contributed by atoms with Crippen molar-refractivity contribution in [3.63, 3.8) is 0 Å². The van der Waals surface area contributed by atoms with Crippen molar-refractivity contribution < 1.29 is 27.5 Å². The lowest BCUT2D eigenvalue weighted by molar-refractivity contribution is -0.125. The smallest absolute Gasteiger partial charge is 0.338 e. The fourth-order valence-corrected chi connectivity index (χ4v) is 5.08. The van der Waals surface area contributed by atoms with Gasteiger partial charge < -0.3 is 14.8 Å². The Bertz CT molecular complexity index is 1060. The Morgan fingerprint density at radius 1 is 1.03 bits per heavy atom. The quantitative estimate of drug-likeness (QED) is 0.502. The van der Waals surface area contributed by atoms with E-state index < -0.39 is 28.5 Å². The van der Waals surface area contributed by atoms with Crippen molar-refractivity contribution in [2.24, 2.45) is 5.92 Å². The van der Waals surface area contributed by atoms with E-state index in [1.54, 1.807) is 21.0 Å². The van der Waals surface area contributed by atoms with E-state index in [2.05, 4.69) is 5.32 Å². The predicted molar refractivity (Wildman–Crippen MR) is 123 cm³/mol. The van der Waals surface area contributed by atoms with Gasteiger partial charge in [-0.15, -0.1) is 0 Å². The van der Waals surface area contributed by atoms with Crippen LogP contribution in [-0.2, 0) is 19.6 Å². The number of nitrogens with zero attached hydrogens (tertiary/aromatic N) is 1. The van der Waals surface area contributed by atoms with Gasteiger partial charge in [0.05, 0.1) is 23.6 Å². The molecule has 9 heteroatoms. The molecule has 8 nitrogen and oxygen atoms in total. The van der Waals surface area contributed by atoms with Crippen LogP contribution in [0.1, 0.15) is 48.7 Å². The standard InChI is InChI=1S/C24H30N2O6S/c1-4-26(5-2)33(29,30)21-14-10-19(11-15-21)24(28)32-16-22(27)25-23(17-6-7-17)18-8-12-20(31-3)13-9-18/h8-15,17,23H,4-7,16H2,1-3H3,(H,25,27). The molecule has 1 aliphatic rings. The minimum absolute atomic E-state index is 0.104. The van der Waals surface area contributed by atoms with Gasteiger partial charge in [-0.25, -0.2) is 13.2 Å². The summed E-state index contributed by atoms with van der Waals surface area (Å²) in [7, 11) is -2.01. The topological polar surface area (TPSA) is 102 Å². The second-order valence-electron chi connectivity index (χ2n) is 7.85. The number of amides is 1. The maximum atomic E-state index is 12.6. The minimum atomic E-state index is -3.61. The SMILES string of the molecule is CCN(CC)S(=O)(=O)c1ccc(C(=O)OCC(=O)NC(c2ccc(OC)cc2)C2CC2)cc1. The molecule has 2 aromatic carbocycles. The molecule has 0 heterocycles. The Hall–Kier alpha value is -2.91. The van der Waals surface area contributed by atoms with Crippen molar-refractivity contribution in [3.8, 4) is 5.75 Å². The number of methoxy groups -OCH3 is 1. The molecule has 0 radical (unpaired) electrons. The molecule has 1 aliphatic carbocycles. The monoisotopic (exact) mass is 474 g/mol. The minimum Gasteiger partial charge on any atom is -0.497 e. The van der Waals surface area contributed by atoms with E-state index in [9.17, 15) is 18.0 Å². The normalized spacial score (nSPS) is 14.5. The van der Waals surface area contributed by atoms with E-state index in [0.29, 0.717) is 19.0 Å². The molecule has 1 amide bonds. The van der Waals surface area contributed by atoms with E-state index in [0.717, 1.165) is 24.2 Å². The van der Waals surface area contributed by atoms with Gasteiger partial charge in [-0.1, -0.05) is 26.0 Å². The molecule has 0 aliphatic heterocycles. The fraction of sp³-hybridized carbons (Fsp3) is 0.417. The van der Waals surface area contributed by atoms with Gasteiger partial charge in [0, 0.05) is 13.1 Å². The fourth-order valence-electron chi connectivity index (χ4n) is 3.62. The molecule has 1 fully saturated rings. The molecule has 0 spiro atoms. The van der Waals surface area contributed by atoms with Gasteiger partial charge in [-0.3, -0.25) is 4.79 Å². The Morgan fingerprint density at radius 2 is 1.64 bits per heavy atom. The molecule has 178 valence electrons. The van der Waals surface area contributed by atoms with E-state index >= 15 is 0 Å². The molecule has 1 N–H and O–H groups in total. The molecular weight excluding hydrogens is 444 g/mol. The van der Waals surface area contributed by atoms with Gasteiger partial charge in [0.1, 0.15) is 5.75 Å². The Kier molecular flexibility index (Phi) is 8.10. The Morgan fingerprint density at radius 3 is 2.15 bits per heavy atom. The van der Waals surface area contributed by atoms with Gasteiger partial charge in [0.2, 0.25) is 10.0 Å². The molecule has 33 heavy (non-hydrogen) atoms. The highest BCUT2D eigenvalue weighted by Gasteiger charge is 2.33. The molecule has 2 aromatic rings. The number of benzene rings is 2. The zero-order valence-corrected chi connectivity index (χ0v) is 19.9. The summed E-state index contributed by atoms with van der Waals surface area (Å²) in [5.41, 5.74) is 1.15. The summed E-state index contributed by atoms with van der Waals surface area (Å²) in [5.74, 6) is 0.0176. The van der Waals surface area contributed by atoms with Crippen LogP contribution < -0.4 is 10.1 Å². The highest BCUT2D eigenvalue weighted by Crippen LogP contribution is 2.41. The van der Waals surface area contributed by atoms with Crippen LogP contribution in [-0.4, -0.2) is 51.4 Å². The van der Waals surface area contributed by atoms with Crippen molar-refractivity contribution in [2.75, 3.05) is 26.8 Å². The van der Waals surface area contributed by atoms with Crippen molar-refractivity contribution in [1.82, 2.24) is 9.62 Å². The highest BCUT2D eigenvalue weighted by atomic mass is 32.2. The van der Waals surface area contributed by atoms with Crippen LogP contribution in [0.3, 0.4) is 0 Å². The number of rotatable bonds is 11. The summed E-state index contributed by atoms with van der Waals surface area (Å²) in [6, 6.07) is 12.9. The molecule has 1 saturated carbocycles. The zero-order chi connectivity index (χ0) is 24.0. The Balaban J connectivity index is 1.57. The molecule has 3 rings (SSSR count). The third-order valence-electron chi connectivity index (χ3n) is 5.65. The van der Waals surface area contributed by atoms with Crippen LogP contribution >= 0.6 is 0 Å². The number of carbonyl (C=O) groups is 2. The first-order valence-electron chi connectivity index (χ1n) is 11.0. The first-order chi connectivity index (χ1) is 15.8. The number of hydrogen-bond acceptors (Lipinski definition) is 6. The zero-order valence-electron chi connectivity index (χ0n) is 19.1. The van der Waals surface area contributed by atoms with E-state index in [-0.39, 0.29) is 16.5 Å². The van der Waals surface area contributed by atoms with Crippen LogP contribution in [0.4, 0.5) is 0 Å². The summed E-state index contributed by atoms with van der Waals surface area (Å²) in [6.07, 6.45) is 2.05. The predicted octanol–water partition coefficient (Wildman–Crippen LogP) is 3.15. The van der Waals surface area contributed by atoms with Crippen LogP contribution in [0.5, 0.6) is 5.75 Å². The lowest BCUT2D eigenvalue weighted by Crippen LogP contribution is -2.33. The van der Waals surface area contributed by atoms with Gasteiger partial charge in [0.25, 0.3) is 5.91 Å². The average Bonchev–Trinajstić information content (AvgIpc) is 3.67. The molecule has 1 unspecified atom stereocenters. The van der Waals surface area contributed by atoms with Crippen LogP contribution in [0.2, 0.25) is 0 Å². The number of nitrogens with one attached hydrogen (secondary N) is 1. The van der Waals surface area contributed by atoms with Crippen molar-refractivity contribution in [3.05, 3.63) is 59.7 Å². The third kappa shape index (κ3) is 6.11. The Labute approximate surface area is 194 Å². The first kappa shape index (κ1) is 24.7. The van der Waals surface area contributed by atoms with E-state index in [1.165, 1.54) is 28.6 Å². The van der Waals surface area contributed by atoms with Gasteiger partial charge in [-0.05, 0) is 60.7 Å². The maximum Gasteiger partial charge on any atom is 0.338 e. The summed E-state index contributed by atoms with van der Waals surface area (Å²) >= 11 is 0. The highest BCUT2D eigenvalue weighted by molar-refractivity contribution is 7.89. The molecule has 0 aromatic heterocycles. The molecule has 0 saturated heterocycles. The number of sulfonamides is 1. The van der Waals surface area contributed by atoms with Gasteiger partial charge in [0.15, 0.2) is 6.61 Å². The second kappa shape index (κ2) is 10.8. The van der Waals surface area contributed by atoms with Gasteiger partial charge in [-0.2, -0.15) is 4.31 Å². The third-order valence-corrected chi connectivity index (χ3v) is 7.72. The van der Waals surface area contributed by atoms with Crippen LogP contribution in [0.25, 0.3) is 0 Å². The van der Waals surface area contributed by atoms with Gasteiger partial charge >= 0.3 is 5.97 Å². The molecule has 1 atom stereocenters. The first-order valence-corrected chi connectivity index (χ1v) is 12.4. The van der Waals surface area contributed by atoms with Crippen molar-refractivity contribution >= 4 is 21.9 Å². The molecular formula is C24H30N2O6S. The number of carbonyl (C=O) groups excluding carboxylic acids is 2. The van der Waals surface area contributed by atoms with E-state index in [1.807, 2.05) is 24.3 Å². The van der Waals surface area contributed by atoms with Crippen molar-refractivity contribution in [1.29, 1.82) is 0 Å². The summed E-state index contributed by atoms with van der Waals surface area (Å²) in [6.45, 7) is 3.82. The second-order valence-corrected chi connectivity index (χ2v) is 9.78. The van der Waals surface area contributed by atoms with E-state index in [4.69, 9.17) is 9.47 Å². The largest absolute Gasteiger partial charge is 0.497 e. The number of ether oxygens (including phenoxy) is 2. The summed E-state index contributed by atoms with van der Waals surface area (Å²) in [4.78, 5) is 24.9. The van der Waals surface area contributed by atoms with Crippen molar-refractivity contribution in [2.45, 2.75) is 37.6 Å². The summed E-state index contributed by atoms with van der Waals surface area (Å²) < 4.78 is 36.8.